The molecule has 5 heterocycles. The largest absolute Gasteiger partial charge is 0.397 e. The van der Waals surface area contributed by atoms with Crippen molar-refractivity contribution < 1.29 is 4.79 Å². The van der Waals surface area contributed by atoms with Crippen molar-refractivity contribution in [2.75, 3.05) is 21.3 Å². The lowest BCUT2D eigenvalue weighted by molar-refractivity contribution is 0.103. The third kappa shape index (κ3) is 4.39. The summed E-state index contributed by atoms with van der Waals surface area (Å²) in [7, 11) is 0. The molecule has 0 spiro atoms. The van der Waals surface area contributed by atoms with Gasteiger partial charge in [0.2, 0.25) is 0 Å². The number of nitrogens with one attached hydrogen (secondary N) is 2. The molecule has 0 fully saturated rings. The number of thiophene rings is 1. The molecule has 1 amide bonds. The molecule has 6 aromatic rings. The van der Waals surface area contributed by atoms with E-state index < -0.39 is 0 Å². The number of para-hydroxylation sites is 2. The number of hydrogen-bond acceptors (Lipinski definition) is 8. The van der Waals surface area contributed by atoms with Crippen molar-refractivity contribution in [1.82, 2.24) is 14.4 Å². The number of imidazole rings is 1. The third-order valence-corrected chi connectivity index (χ3v) is 8.64. The zero-order chi connectivity index (χ0) is 26.3. The van der Waals surface area contributed by atoms with E-state index in [1.807, 2.05) is 36.7 Å². The number of hydrogen-bond donors (Lipinski definition) is 3. The highest BCUT2D eigenvalue weighted by Crippen LogP contribution is 2.36. The first-order valence-electron chi connectivity index (χ1n) is 12.4. The van der Waals surface area contributed by atoms with Gasteiger partial charge in [0.05, 0.1) is 38.0 Å². The Bertz CT molecular complexity index is 1810. The molecule has 8 nitrogen and oxygen atoms in total. The molecule has 2 aromatic carbocycles. The highest BCUT2D eigenvalue weighted by atomic mass is 32.1. The number of amides is 1. The number of anilines is 5. The minimum atomic E-state index is -0.201. The van der Waals surface area contributed by atoms with Crippen molar-refractivity contribution >= 4 is 61.6 Å². The summed E-state index contributed by atoms with van der Waals surface area (Å²) in [4.78, 5) is 26.0. The van der Waals surface area contributed by atoms with Crippen molar-refractivity contribution in [2.24, 2.45) is 0 Å². The van der Waals surface area contributed by atoms with Gasteiger partial charge >= 0.3 is 0 Å². The summed E-state index contributed by atoms with van der Waals surface area (Å²) in [5.74, 6) is 0.903. The van der Waals surface area contributed by atoms with Gasteiger partial charge in [0.25, 0.3) is 5.91 Å². The molecule has 0 atom stereocenters. The predicted octanol–water partition coefficient (Wildman–Crippen LogP) is 6.62. The van der Waals surface area contributed by atoms with Gasteiger partial charge < -0.3 is 21.3 Å². The molecule has 0 aliphatic carbocycles. The Labute approximate surface area is 232 Å². The average molecular weight is 550 g/mol. The summed E-state index contributed by atoms with van der Waals surface area (Å²) in [6.07, 6.45) is 3.77. The van der Waals surface area contributed by atoms with Crippen molar-refractivity contribution in [3.8, 4) is 10.6 Å². The topological polar surface area (TPSA) is 101 Å². The van der Waals surface area contributed by atoms with Crippen LogP contribution in [0.2, 0.25) is 0 Å². The molecule has 7 rings (SSSR count). The molecule has 4 aromatic heterocycles. The molecule has 0 saturated heterocycles. The smallest absolute Gasteiger partial charge is 0.265 e. The first kappa shape index (κ1) is 23.4. The zero-order valence-corrected chi connectivity index (χ0v) is 22.3. The summed E-state index contributed by atoms with van der Waals surface area (Å²) in [6, 6.07) is 25.7. The van der Waals surface area contributed by atoms with Crippen LogP contribution in [0.4, 0.5) is 27.3 Å². The Morgan fingerprint density at radius 1 is 0.846 bits per heavy atom. The average Bonchev–Trinajstić information content (AvgIpc) is 3.75. The second-order valence-corrected chi connectivity index (χ2v) is 11.3. The van der Waals surface area contributed by atoms with E-state index in [1.165, 1.54) is 22.5 Å². The van der Waals surface area contributed by atoms with Crippen LogP contribution < -0.4 is 21.3 Å². The number of nitrogen functional groups attached to an aromatic ring is 1. The first-order valence-corrected chi connectivity index (χ1v) is 14.0. The van der Waals surface area contributed by atoms with Crippen molar-refractivity contribution in [3.05, 3.63) is 107 Å². The second kappa shape index (κ2) is 9.57. The highest BCUT2D eigenvalue weighted by molar-refractivity contribution is 7.20. The predicted molar refractivity (Wildman–Crippen MR) is 159 cm³/mol. The molecule has 1 aliphatic rings. The summed E-state index contributed by atoms with van der Waals surface area (Å²) in [6.45, 7) is 1.74. The number of thiazole rings is 1. The molecular weight excluding hydrogens is 527 g/mol. The minimum absolute atomic E-state index is 0.201. The molecule has 0 radical (unpaired) electrons. The van der Waals surface area contributed by atoms with Gasteiger partial charge in [-0.1, -0.05) is 53.8 Å². The number of fused-ring (bicyclic) bond motifs is 2. The molecule has 192 valence electrons. The Balaban J connectivity index is 1.12. The number of benzene rings is 2. The van der Waals surface area contributed by atoms with Crippen LogP contribution in [0.15, 0.2) is 91.3 Å². The van der Waals surface area contributed by atoms with Gasteiger partial charge in [0.15, 0.2) is 5.13 Å². The van der Waals surface area contributed by atoms with Gasteiger partial charge in [-0.2, -0.15) is 0 Å². The van der Waals surface area contributed by atoms with Gasteiger partial charge in [0.1, 0.15) is 11.5 Å². The van der Waals surface area contributed by atoms with Crippen LogP contribution in [0.1, 0.15) is 20.8 Å². The van der Waals surface area contributed by atoms with Gasteiger partial charge in [-0.15, -0.1) is 11.3 Å². The van der Waals surface area contributed by atoms with E-state index in [1.54, 1.807) is 29.5 Å². The Hall–Kier alpha value is -4.67. The van der Waals surface area contributed by atoms with Gasteiger partial charge in [-0.3, -0.25) is 9.20 Å². The van der Waals surface area contributed by atoms with Crippen LogP contribution in [0, 0.1) is 0 Å². The third-order valence-electron chi connectivity index (χ3n) is 6.70. The fourth-order valence-corrected chi connectivity index (χ4v) is 6.51. The van der Waals surface area contributed by atoms with Crippen molar-refractivity contribution in [1.29, 1.82) is 0 Å². The maximum atomic E-state index is 12.7. The van der Waals surface area contributed by atoms with Gasteiger partial charge in [-0.05, 0) is 47.5 Å². The van der Waals surface area contributed by atoms with E-state index in [4.69, 9.17) is 5.73 Å². The van der Waals surface area contributed by atoms with Crippen LogP contribution in [0.3, 0.4) is 0 Å². The van der Waals surface area contributed by atoms with Crippen LogP contribution in [0.25, 0.3) is 16.2 Å². The van der Waals surface area contributed by atoms with Crippen molar-refractivity contribution in [2.45, 2.75) is 13.1 Å². The Kier molecular flexibility index (Phi) is 5.75. The van der Waals surface area contributed by atoms with Crippen LogP contribution >= 0.6 is 22.7 Å². The molecule has 39 heavy (non-hydrogen) atoms. The maximum absolute atomic E-state index is 12.7. The molecule has 1 aliphatic heterocycles. The van der Waals surface area contributed by atoms with E-state index >= 15 is 0 Å². The SMILES string of the molecule is Nc1ccccc1NC(=O)c1ccc(Nc2ncc(-c3cnc4cccc(N5Cc6ccccc6C5)n34)s2)s1. The van der Waals surface area contributed by atoms with Crippen LogP contribution in [-0.4, -0.2) is 20.3 Å². The summed E-state index contributed by atoms with van der Waals surface area (Å²) < 4.78 is 2.20. The van der Waals surface area contributed by atoms with Gasteiger partial charge in [-0.25, -0.2) is 9.97 Å². The van der Waals surface area contributed by atoms with E-state index in [0.717, 1.165) is 45.3 Å². The van der Waals surface area contributed by atoms with Gasteiger partial charge in [0, 0.05) is 19.3 Å². The Morgan fingerprint density at radius 3 is 2.46 bits per heavy atom. The second-order valence-electron chi connectivity index (χ2n) is 9.21. The normalized spacial score (nSPS) is 12.6. The number of nitrogens with zero attached hydrogens (tertiary/aromatic N) is 4. The molecular formula is C29H23N7OS2. The fourth-order valence-electron chi connectivity index (χ4n) is 4.81. The first-order chi connectivity index (χ1) is 19.1. The summed E-state index contributed by atoms with van der Waals surface area (Å²) in [5, 5.41) is 7.79. The molecule has 4 N–H and O–H groups in total. The number of carbonyl (C=O) groups excluding carboxylic acids is 1. The van der Waals surface area contributed by atoms with E-state index in [-0.39, 0.29) is 5.91 Å². The number of carbonyl (C=O) groups is 1. The summed E-state index contributed by atoms with van der Waals surface area (Å²) >= 11 is 2.91. The van der Waals surface area contributed by atoms with Crippen molar-refractivity contribution in [3.63, 3.8) is 0 Å². The fraction of sp³-hybridized carbons (Fsp3) is 0.0690. The molecule has 0 unspecified atom stereocenters. The quantitative estimate of drug-likeness (QED) is 0.202. The van der Waals surface area contributed by atoms with E-state index in [0.29, 0.717) is 16.3 Å². The number of pyridine rings is 1. The van der Waals surface area contributed by atoms with Crippen LogP contribution in [-0.2, 0) is 13.1 Å². The maximum Gasteiger partial charge on any atom is 0.265 e. The lowest BCUT2D eigenvalue weighted by Crippen LogP contribution is -2.17. The number of aromatic nitrogens is 3. The summed E-state index contributed by atoms with van der Waals surface area (Å²) in [5.41, 5.74) is 11.7. The van der Waals surface area contributed by atoms with Crippen LogP contribution in [0.5, 0.6) is 0 Å². The number of rotatable bonds is 6. The Morgan fingerprint density at radius 2 is 1.64 bits per heavy atom. The minimum Gasteiger partial charge on any atom is -0.397 e. The lowest BCUT2D eigenvalue weighted by Gasteiger charge is -2.20. The highest BCUT2D eigenvalue weighted by Gasteiger charge is 2.22. The monoisotopic (exact) mass is 549 g/mol. The molecule has 0 saturated carbocycles. The van der Waals surface area contributed by atoms with E-state index in [2.05, 4.69) is 66.3 Å². The molecule has 0 bridgehead atoms. The molecule has 10 heteroatoms. The number of nitrogens with two attached hydrogens (primary N) is 1. The zero-order valence-electron chi connectivity index (χ0n) is 20.7. The lowest BCUT2D eigenvalue weighted by atomic mass is 10.1. The standard InChI is InChI=1S/C29H23N7OS2/c30-20-8-3-4-9-21(20)33-28(37)23-12-13-26(38-23)34-29-32-15-24(39-29)22-14-31-25-10-5-11-27(36(22)25)35-16-18-6-1-2-7-19(18)17-35/h1-15H,16-17,30H2,(H,32,34)(H,33,37). The van der Waals surface area contributed by atoms with E-state index in [9.17, 15) is 4.79 Å².